The predicted molar refractivity (Wildman–Crippen MR) is 149 cm³/mol. The monoisotopic (exact) mass is 584 g/mol. The molecule has 3 aromatic heterocycles. The largest absolute Gasteiger partial charge is 0.491 e. The van der Waals surface area contributed by atoms with E-state index in [-0.39, 0.29) is 59.9 Å². The minimum atomic E-state index is -0.709. The third-order valence-corrected chi connectivity index (χ3v) is 6.92. The van der Waals surface area contributed by atoms with Gasteiger partial charge in [-0.15, -0.1) is 0 Å². The fourth-order valence-corrected chi connectivity index (χ4v) is 5.00. The molecule has 40 heavy (non-hydrogen) atoms. The Morgan fingerprint density at radius 2 is 2.05 bits per heavy atom. The molecule has 0 bridgehead atoms. The van der Waals surface area contributed by atoms with Crippen LogP contribution in [-0.2, 0) is 20.8 Å². The van der Waals surface area contributed by atoms with Crippen molar-refractivity contribution in [2.75, 3.05) is 19.8 Å². The summed E-state index contributed by atoms with van der Waals surface area (Å²) in [6, 6.07) is 11.4. The van der Waals surface area contributed by atoms with Gasteiger partial charge >= 0.3 is 5.97 Å². The Morgan fingerprint density at radius 3 is 2.80 bits per heavy atom. The van der Waals surface area contributed by atoms with Crippen molar-refractivity contribution in [1.29, 1.82) is 0 Å². The summed E-state index contributed by atoms with van der Waals surface area (Å²) < 4.78 is 19.8. The molecule has 1 atom stereocenters. The number of aromatic nitrogens is 3. The Labute approximate surface area is 238 Å². The molecule has 12 heteroatoms. The minimum absolute atomic E-state index is 0.0119. The van der Waals surface area contributed by atoms with E-state index in [1.807, 2.05) is 0 Å². The molecule has 0 radical (unpaired) electrons. The molecule has 5 rings (SSSR count). The second-order valence-corrected chi connectivity index (χ2v) is 9.95. The summed E-state index contributed by atoms with van der Waals surface area (Å²) in [6.07, 6.45) is 2.94. The fourth-order valence-electron chi connectivity index (χ4n) is 4.54. The summed E-state index contributed by atoms with van der Waals surface area (Å²) in [4.78, 5) is 48.7. The Kier molecular flexibility index (Phi) is 8.49. The molecule has 0 spiro atoms. The number of carbonyl (C=O) groups excluding carboxylic acids is 2. The molecule has 0 N–H and O–H groups in total. The lowest BCUT2D eigenvalue weighted by atomic mass is 10.2. The van der Waals surface area contributed by atoms with E-state index in [9.17, 15) is 14.4 Å². The van der Waals surface area contributed by atoms with Gasteiger partial charge < -0.3 is 18.8 Å². The summed E-state index contributed by atoms with van der Waals surface area (Å²) in [5.41, 5.74) is 0.365. The molecule has 4 heterocycles. The number of ether oxygens (including phenoxy) is 3. The van der Waals surface area contributed by atoms with E-state index in [0.29, 0.717) is 28.0 Å². The van der Waals surface area contributed by atoms with Crippen molar-refractivity contribution in [1.82, 2.24) is 14.0 Å². The molecule has 208 valence electrons. The van der Waals surface area contributed by atoms with Gasteiger partial charge in [-0.05, 0) is 56.2 Å². The van der Waals surface area contributed by atoms with E-state index in [1.165, 1.54) is 10.5 Å². The first-order valence-corrected chi connectivity index (χ1v) is 13.6. The van der Waals surface area contributed by atoms with E-state index in [4.69, 9.17) is 42.4 Å². The van der Waals surface area contributed by atoms with Crippen molar-refractivity contribution >= 4 is 51.8 Å². The van der Waals surface area contributed by atoms with Crippen LogP contribution in [0.15, 0.2) is 58.4 Å². The highest BCUT2D eigenvalue weighted by Crippen LogP contribution is 2.27. The molecule has 1 aliphatic rings. The van der Waals surface area contributed by atoms with Crippen molar-refractivity contribution in [3.8, 4) is 5.75 Å². The van der Waals surface area contributed by atoms with Crippen LogP contribution in [0.25, 0.3) is 16.7 Å². The lowest BCUT2D eigenvalue weighted by Gasteiger charge is -2.18. The summed E-state index contributed by atoms with van der Waals surface area (Å²) in [5, 5.41) is 0.968. The zero-order chi connectivity index (χ0) is 28.2. The maximum atomic E-state index is 13.5. The van der Waals surface area contributed by atoms with Crippen LogP contribution in [0.5, 0.6) is 5.75 Å². The molecule has 1 aliphatic heterocycles. The van der Waals surface area contributed by atoms with Gasteiger partial charge in [0.1, 0.15) is 22.6 Å². The Balaban J connectivity index is 1.62. The second-order valence-electron chi connectivity index (χ2n) is 9.11. The maximum absolute atomic E-state index is 13.5. The van der Waals surface area contributed by atoms with E-state index in [0.717, 1.165) is 12.8 Å². The standard InChI is InChI=1S/C28H26Cl2N4O6/c1-2-38-28(37)20-15-19-25(31-23-7-3-4-11-33(23)27(19)36)34(16-18-6-5-12-39-18)26(20)32-24(35)10-13-40-22-9-8-17(29)14-21(22)30/h3-4,7-9,11,14-15,18H,2,5-6,10,12-13,16H2,1H3. The highest BCUT2D eigenvalue weighted by molar-refractivity contribution is 6.35. The van der Waals surface area contributed by atoms with Crippen LogP contribution in [0.3, 0.4) is 0 Å². The van der Waals surface area contributed by atoms with E-state index in [2.05, 4.69) is 4.99 Å². The van der Waals surface area contributed by atoms with Gasteiger partial charge in [-0.2, -0.15) is 4.99 Å². The fraction of sp³-hybridized carbons (Fsp3) is 0.321. The van der Waals surface area contributed by atoms with Crippen LogP contribution >= 0.6 is 23.2 Å². The quantitative estimate of drug-likeness (QED) is 0.225. The van der Waals surface area contributed by atoms with Crippen molar-refractivity contribution < 1.29 is 23.8 Å². The molecule has 0 saturated carbocycles. The van der Waals surface area contributed by atoms with Crippen molar-refractivity contribution in [3.05, 3.63) is 80.1 Å². The highest BCUT2D eigenvalue weighted by atomic mass is 35.5. The Bertz CT molecular complexity index is 1730. The molecule has 1 unspecified atom stereocenters. The first-order chi connectivity index (χ1) is 19.4. The number of pyridine rings is 2. The molecular weight excluding hydrogens is 559 g/mol. The number of benzene rings is 1. The molecule has 1 amide bonds. The van der Waals surface area contributed by atoms with Gasteiger partial charge in [0.15, 0.2) is 5.49 Å². The molecule has 0 aliphatic carbocycles. The van der Waals surface area contributed by atoms with Gasteiger partial charge in [0.05, 0.1) is 42.7 Å². The number of fused-ring (bicyclic) bond motifs is 2. The molecule has 1 saturated heterocycles. The third kappa shape index (κ3) is 5.89. The average Bonchev–Trinajstić information content (AvgIpc) is 3.45. The summed E-state index contributed by atoms with van der Waals surface area (Å²) in [5.74, 6) is -0.880. The Morgan fingerprint density at radius 1 is 1.20 bits per heavy atom. The number of halogens is 2. The zero-order valence-corrected chi connectivity index (χ0v) is 23.2. The highest BCUT2D eigenvalue weighted by Gasteiger charge is 2.23. The number of carbonyl (C=O) groups is 2. The van der Waals surface area contributed by atoms with Crippen LogP contribution in [0, 0.1) is 0 Å². The van der Waals surface area contributed by atoms with Gasteiger partial charge in [-0.1, -0.05) is 29.3 Å². The number of amides is 1. The topological polar surface area (TPSA) is 113 Å². The minimum Gasteiger partial charge on any atom is -0.491 e. The predicted octanol–water partition coefficient (Wildman–Crippen LogP) is 4.21. The van der Waals surface area contributed by atoms with Crippen LogP contribution in [0.2, 0.25) is 10.0 Å². The van der Waals surface area contributed by atoms with Crippen LogP contribution < -0.4 is 15.8 Å². The van der Waals surface area contributed by atoms with Crippen molar-refractivity contribution in [2.45, 2.75) is 38.8 Å². The van der Waals surface area contributed by atoms with Gasteiger partial charge in [0, 0.05) is 17.8 Å². The van der Waals surface area contributed by atoms with Crippen LogP contribution in [0.4, 0.5) is 0 Å². The van der Waals surface area contributed by atoms with Gasteiger partial charge in [-0.3, -0.25) is 14.0 Å². The molecule has 1 fully saturated rings. The molecule has 1 aromatic carbocycles. The number of hydrogen-bond acceptors (Lipinski definition) is 7. The van der Waals surface area contributed by atoms with Crippen LogP contribution in [0.1, 0.15) is 36.5 Å². The summed E-state index contributed by atoms with van der Waals surface area (Å²) >= 11 is 12.1. The lowest BCUT2D eigenvalue weighted by molar-refractivity contribution is -0.118. The Hall–Kier alpha value is -3.73. The first-order valence-electron chi connectivity index (χ1n) is 12.8. The lowest BCUT2D eigenvalue weighted by Crippen LogP contribution is -2.35. The summed E-state index contributed by atoms with van der Waals surface area (Å²) in [7, 11) is 0. The normalized spacial score (nSPS) is 15.6. The van der Waals surface area contributed by atoms with Crippen LogP contribution in [-0.4, -0.2) is 51.8 Å². The first kappa shape index (κ1) is 27.8. The number of rotatable bonds is 8. The average molecular weight is 585 g/mol. The van der Waals surface area contributed by atoms with E-state index in [1.54, 1.807) is 54.1 Å². The third-order valence-electron chi connectivity index (χ3n) is 6.39. The van der Waals surface area contributed by atoms with Gasteiger partial charge in [0.2, 0.25) is 0 Å². The van der Waals surface area contributed by atoms with E-state index >= 15 is 0 Å². The molecule has 10 nitrogen and oxygen atoms in total. The molecule has 4 aromatic rings. The zero-order valence-electron chi connectivity index (χ0n) is 21.6. The number of hydrogen-bond donors (Lipinski definition) is 0. The smallest absolute Gasteiger partial charge is 0.341 e. The number of nitrogens with zero attached hydrogens (tertiary/aromatic N) is 4. The SMILES string of the molecule is CCOC(=O)c1cc2c(=O)n3ccccc3nc2n(CC2CCCO2)c1=NC(=O)CCOc1ccc(Cl)cc1Cl. The number of esters is 1. The second kappa shape index (κ2) is 12.2. The van der Waals surface area contributed by atoms with Gasteiger partial charge in [-0.25, -0.2) is 9.78 Å². The maximum Gasteiger partial charge on any atom is 0.341 e. The van der Waals surface area contributed by atoms with E-state index < -0.39 is 11.9 Å². The van der Waals surface area contributed by atoms with Crippen molar-refractivity contribution in [2.24, 2.45) is 4.99 Å². The van der Waals surface area contributed by atoms with Crippen molar-refractivity contribution in [3.63, 3.8) is 0 Å². The van der Waals surface area contributed by atoms with Gasteiger partial charge in [0.25, 0.3) is 11.5 Å². The molecular formula is C28H26Cl2N4O6. The summed E-state index contributed by atoms with van der Waals surface area (Å²) in [6.45, 7) is 2.59.